The molecule has 102 valence electrons. The highest BCUT2D eigenvalue weighted by Crippen LogP contribution is 2.14. The molecule has 0 aliphatic carbocycles. The minimum Gasteiger partial charge on any atom is -0.496 e. The maximum absolute atomic E-state index is 11.9. The maximum Gasteiger partial charge on any atom is 0.271 e. The third-order valence-corrected chi connectivity index (χ3v) is 3.09. The first-order valence-electron chi connectivity index (χ1n) is 5.92. The number of ether oxygens (including phenoxy) is 1. The maximum atomic E-state index is 11.9. The number of hydrogen-bond donors (Lipinski definition) is 1. The van der Waals surface area contributed by atoms with Gasteiger partial charge < -0.3 is 4.74 Å². The predicted octanol–water partition coefficient (Wildman–Crippen LogP) is 3.22. The molecule has 2 rings (SSSR count). The lowest BCUT2D eigenvalue weighted by Crippen LogP contribution is -2.17. The number of benzene rings is 2. The number of methoxy groups -OCH3 is 1. The molecule has 0 aromatic heterocycles. The van der Waals surface area contributed by atoms with Crippen molar-refractivity contribution in [3.63, 3.8) is 0 Å². The van der Waals surface area contributed by atoms with Crippen molar-refractivity contribution in [2.75, 3.05) is 7.11 Å². The minimum absolute atomic E-state index is 0.266. The number of para-hydroxylation sites is 1. The fraction of sp³-hybridized carbons (Fsp3) is 0.0667. The largest absolute Gasteiger partial charge is 0.496 e. The number of carbonyl (C=O) groups excluding carboxylic acids is 1. The van der Waals surface area contributed by atoms with Gasteiger partial charge in [0.05, 0.1) is 13.3 Å². The second kappa shape index (κ2) is 6.86. The molecule has 20 heavy (non-hydrogen) atoms. The Bertz CT molecular complexity index is 641. The molecule has 0 fully saturated rings. The molecule has 0 radical (unpaired) electrons. The Morgan fingerprint density at radius 1 is 1.25 bits per heavy atom. The van der Waals surface area contributed by atoms with Gasteiger partial charge in [0.2, 0.25) is 0 Å². The molecule has 4 nitrogen and oxygen atoms in total. The lowest BCUT2D eigenvalue weighted by Gasteiger charge is -2.03. The van der Waals surface area contributed by atoms with Gasteiger partial charge in [-0.1, -0.05) is 34.1 Å². The van der Waals surface area contributed by atoms with Crippen LogP contribution in [0.3, 0.4) is 0 Å². The normalized spacial score (nSPS) is 10.5. The van der Waals surface area contributed by atoms with Crippen molar-refractivity contribution in [3.8, 4) is 5.75 Å². The smallest absolute Gasteiger partial charge is 0.271 e. The molecule has 0 spiro atoms. The number of hydrogen-bond acceptors (Lipinski definition) is 3. The molecule has 1 amide bonds. The van der Waals surface area contributed by atoms with E-state index in [1.54, 1.807) is 31.5 Å². The Morgan fingerprint density at radius 2 is 2.05 bits per heavy atom. The van der Waals surface area contributed by atoms with E-state index >= 15 is 0 Å². The van der Waals surface area contributed by atoms with E-state index in [9.17, 15) is 4.79 Å². The molecule has 0 heterocycles. The van der Waals surface area contributed by atoms with Gasteiger partial charge in [0.1, 0.15) is 5.75 Å². The Balaban J connectivity index is 2.05. The summed E-state index contributed by atoms with van der Waals surface area (Å²) in [4.78, 5) is 11.9. The standard InChI is InChI=1S/C15H13BrN2O2/c1-20-14-8-3-2-5-12(14)10-17-18-15(19)11-6-4-7-13(16)9-11/h2-10H,1H3,(H,18,19)/b17-10-. The molecule has 0 aliphatic heterocycles. The third kappa shape index (κ3) is 3.68. The Labute approximate surface area is 125 Å². The molecule has 0 bridgehead atoms. The second-order valence-electron chi connectivity index (χ2n) is 3.95. The first-order chi connectivity index (χ1) is 9.70. The van der Waals surface area contributed by atoms with E-state index in [2.05, 4.69) is 26.5 Å². The van der Waals surface area contributed by atoms with Gasteiger partial charge in [0, 0.05) is 15.6 Å². The van der Waals surface area contributed by atoms with E-state index in [1.165, 1.54) is 0 Å². The van der Waals surface area contributed by atoms with Crippen LogP contribution in [0.5, 0.6) is 5.75 Å². The predicted molar refractivity (Wildman–Crippen MR) is 82.2 cm³/mol. The van der Waals surface area contributed by atoms with Crippen molar-refractivity contribution in [1.29, 1.82) is 0 Å². The van der Waals surface area contributed by atoms with E-state index in [4.69, 9.17) is 4.74 Å². The molecular weight excluding hydrogens is 320 g/mol. The van der Waals surface area contributed by atoms with Crippen LogP contribution in [-0.2, 0) is 0 Å². The van der Waals surface area contributed by atoms with Crippen LogP contribution in [-0.4, -0.2) is 19.2 Å². The zero-order valence-electron chi connectivity index (χ0n) is 10.8. The molecule has 2 aromatic rings. The van der Waals surface area contributed by atoms with E-state index in [0.29, 0.717) is 11.3 Å². The summed E-state index contributed by atoms with van der Waals surface area (Å²) in [5.41, 5.74) is 3.81. The quantitative estimate of drug-likeness (QED) is 0.690. The van der Waals surface area contributed by atoms with Crippen LogP contribution in [0.4, 0.5) is 0 Å². The molecule has 0 atom stereocenters. The first-order valence-corrected chi connectivity index (χ1v) is 6.72. The summed E-state index contributed by atoms with van der Waals surface area (Å²) >= 11 is 3.32. The lowest BCUT2D eigenvalue weighted by atomic mass is 10.2. The molecule has 0 saturated heterocycles. The van der Waals surface area contributed by atoms with E-state index in [0.717, 1.165) is 10.0 Å². The van der Waals surface area contributed by atoms with E-state index in [1.807, 2.05) is 30.3 Å². The minimum atomic E-state index is -0.266. The van der Waals surface area contributed by atoms with Crippen LogP contribution in [0.1, 0.15) is 15.9 Å². The third-order valence-electron chi connectivity index (χ3n) is 2.60. The Morgan fingerprint density at radius 3 is 2.80 bits per heavy atom. The summed E-state index contributed by atoms with van der Waals surface area (Å²) in [6.45, 7) is 0. The summed E-state index contributed by atoms with van der Waals surface area (Å²) in [6.07, 6.45) is 1.55. The van der Waals surface area contributed by atoms with Gasteiger partial charge in [-0.25, -0.2) is 5.43 Å². The van der Waals surface area contributed by atoms with E-state index in [-0.39, 0.29) is 5.91 Å². The summed E-state index contributed by atoms with van der Waals surface area (Å²) in [5.74, 6) is 0.436. The average Bonchev–Trinajstić information content (AvgIpc) is 2.47. The number of hydrazone groups is 1. The van der Waals surface area contributed by atoms with Crippen LogP contribution in [0.15, 0.2) is 58.1 Å². The summed E-state index contributed by atoms with van der Waals surface area (Å²) in [5, 5.41) is 3.94. The Kier molecular flexibility index (Phi) is 4.90. The van der Waals surface area contributed by atoms with Crippen molar-refractivity contribution < 1.29 is 9.53 Å². The van der Waals surface area contributed by atoms with Crippen molar-refractivity contribution >= 4 is 28.1 Å². The van der Waals surface area contributed by atoms with Crippen LogP contribution in [0, 0.1) is 0 Å². The van der Waals surface area contributed by atoms with Gasteiger partial charge in [-0.2, -0.15) is 5.10 Å². The van der Waals surface area contributed by atoms with Crippen molar-refractivity contribution in [1.82, 2.24) is 5.43 Å². The lowest BCUT2D eigenvalue weighted by molar-refractivity contribution is 0.0955. The van der Waals surface area contributed by atoms with Crippen LogP contribution < -0.4 is 10.2 Å². The molecule has 0 saturated carbocycles. The molecule has 0 aliphatic rings. The number of nitrogens with zero attached hydrogens (tertiary/aromatic N) is 1. The van der Waals surface area contributed by atoms with Gasteiger partial charge in [-0.05, 0) is 30.3 Å². The highest BCUT2D eigenvalue weighted by molar-refractivity contribution is 9.10. The molecule has 5 heteroatoms. The fourth-order valence-corrected chi connectivity index (χ4v) is 2.03. The molecule has 1 N–H and O–H groups in total. The van der Waals surface area contributed by atoms with Crippen LogP contribution in [0.25, 0.3) is 0 Å². The summed E-state index contributed by atoms with van der Waals surface area (Å²) in [7, 11) is 1.59. The number of rotatable bonds is 4. The highest BCUT2D eigenvalue weighted by atomic mass is 79.9. The van der Waals surface area contributed by atoms with Gasteiger partial charge >= 0.3 is 0 Å². The van der Waals surface area contributed by atoms with Gasteiger partial charge in [0.15, 0.2) is 0 Å². The molecule has 2 aromatic carbocycles. The number of amides is 1. The highest BCUT2D eigenvalue weighted by Gasteiger charge is 2.04. The number of halogens is 1. The van der Waals surface area contributed by atoms with Gasteiger partial charge in [-0.3, -0.25) is 4.79 Å². The Hall–Kier alpha value is -2.14. The van der Waals surface area contributed by atoms with Gasteiger partial charge in [-0.15, -0.1) is 0 Å². The zero-order chi connectivity index (χ0) is 14.4. The van der Waals surface area contributed by atoms with Gasteiger partial charge in [0.25, 0.3) is 5.91 Å². The van der Waals surface area contributed by atoms with Crippen LogP contribution in [0.2, 0.25) is 0 Å². The number of carbonyl (C=O) groups is 1. The summed E-state index contributed by atoms with van der Waals surface area (Å²) in [6, 6.07) is 14.5. The average molecular weight is 333 g/mol. The second-order valence-corrected chi connectivity index (χ2v) is 4.87. The monoisotopic (exact) mass is 332 g/mol. The number of nitrogens with one attached hydrogen (secondary N) is 1. The SMILES string of the molecule is COc1ccccc1/C=N\NC(=O)c1cccc(Br)c1. The fourth-order valence-electron chi connectivity index (χ4n) is 1.63. The molecule has 0 unspecified atom stereocenters. The molecular formula is C15H13BrN2O2. The van der Waals surface area contributed by atoms with Crippen molar-refractivity contribution in [2.24, 2.45) is 5.10 Å². The zero-order valence-corrected chi connectivity index (χ0v) is 12.4. The summed E-state index contributed by atoms with van der Waals surface area (Å²) < 4.78 is 6.04. The van der Waals surface area contributed by atoms with Crippen molar-refractivity contribution in [3.05, 3.63) is 64.1 Å². The topological polar surface area (TPSA) is 50.7 Å². The van der Waals surface area contributed by atoms with Crippen LogP contribution >= 0.6 is 15.9 Å². The van der Waals surface area contributed by atoms with Crippen molar-refractivity contribution in [2.45, 2.75) is 0 Å². The van der Waals surface area contributed by atoms with E-state index < -0.39 is 0 Å². The first kappa shape index (κ1) is 14.3.